The Hall–Kier alpha value is -2.18. The predicted octanol–water partition coefficient (Wildman–Crippen LogP) is 5.52. The second-order valence-corrected chi connectivity index (χ2v) is 7.04. The van der Waals surface area contributed by atoms with Gasteiger partial charge in [-0.05, 0) is 66.7 Å². The maximum Gasteiger partial charge on any atom is 0.150 e. The molecule has 1 atom stereocenters. The minimum atomic E-state index is -1.38. The van der Waals surface area contributed by atoms with Crippen LogP contribution in [-0.2, 0) is 11.0 Å². The van der Waals surface area contributed by atoms with E-state index in [0.29, 0.717) is 16.4 Å². The summed E-state index contributed by atoms with van der Waals surface area (Å²) >= 11 is 3.37. The number of benzene rings is 3. The molecule has 0 fully saturated rings. The molecule has 3 nitrogen and oxygen atoms in total. The maximum atomic E-state index is 12.9. The molecule has 24 heavy (non-hydrogen) atoms. The summed E-state index contributed by atoms with van der Waals surface area (Å²) in [5.41, 5.74) is 0.759. The number of rotatable bonds is 5. The smallest absolute Gasteiger partial charge is 0.150 e. The van der Waals surface area contributed by atoms with E-state index in [9.17, 15) is 8.60 Å². The van der Waals surface area contributed by atoms with Crippen LogP contribution in [0.2, 0.25) is 0 Å². The van der Waals surface area contributed by atoms with E-state index in [4.69, 9.17) is 4.74 Å². The standard InChI is InChI=1S/C18H13BrFNO2S/c19-13-2-1-3-15(12-13)21-24(22)18-10-8-17(9-11-18)23-16-6-4-14(20)5-7-16/h1-12,21H. The largest absolute Gasteiger partial charge is 0.457 e. The Morgan fingerprint density at radius 3 is 2.17 bits per heavy atom. The molecule has 6 heteroatoms. The van der Waals surface area contributed by atoms with E-state index in [1.54, 1.807) is 36.4 Å². The van der Waals surface area contributed by atoms with Gasteiger partial charge in [0.2, 0.25) is 0 Å². The quantitative estimate of drug-likeness (QED) is 0.607. The van der Waals surface area contributed by atoms with E-state index in [2.05, 4.69) is 20.7 Å². The highest BCUT2D eigenvalue weighted by molar-refractivity contribution is 9.10. The summed E-state index contributed by atoms with van der Waals surface area (Å²) in [6, 6.07) is 20.1. The Bertz CT molecular complexity index is 854. The Morgan fingerprint density at radius 2 is 1.54 bits per heavy atom. The first-order valence-corrected chi connectivity index (χ1v) is 9.02. The first-order valence-electron chi connectivity index (χ1n) is 7.08. The molecular formula is C18H13BrFNO2S. The molecule has 1 N–H and O–H groups in total. The van der Waals surface area contributed by atoms with E-state index in [0.717, 1.165) is 10.2 Å². The fourth-order valence-corrected chi connectivity index (χ4v) is 3.23. The lowest BCUT2D eigenvalue weighted by Crippen LogP contribution is -2.04. The number of hydrogen-bond donors (Lipinski definition) is 1. The van der Waals surface area contributed by atoms with Crippen LogP contribution in [0.5, 0.6) is 11.5 Å². The molecule has 0 aliphatic rings. The van der Waals surface area contributed by atoms with Crippen LogP contribution in [0.15, 0.2) is 82.2 Å². The highest BCUT2D eigenvalue weighted by Crippen LogP contribution is 2.23. The van der Waals surface area contributed by atoms with Gasteiger partial charge in [-0.25, -0.2) is 8.60 Å². The van der Waals surface area contributed by atoms with Gasteiger partial charge in [-0.15, -0.1) is 0 Å². The molecule has 0 saturated carbocycles. The number of nitrogens with one attached hydrogen (secondary N) is 1. The van der Waals surface area contributed by atoms with Gasteiger partial charge in [0, 0.05) is 10.2 Å². The highest BCUT2D eigenvalue weighted by Gasteiger charge is 2.05. The average Bonchev–Trinajstić information content (AvgIpc) is 2.57. The number of ether oxygens (including phenoxy) is 1. The topological polar surface area (TPSA) is 38.3 Å². The van der Waals surface area contributed by atoms with Crippen LogP contribution >= 0.6 is 15.9 Å². The maximum absolute atomic E-state index is 12.9. The zero-order chi connectivity index (χ0) is 16.9. The molecule has 0 radical (unpaired) electrons. The van der Waals surface area contributed by atoms with Crippen molar-refractivity contribution in [3.05, 3.63) is 83.1 Å². The summed E-state index contributed by atoms with van der Waals surface area (Å²) in [6.45, 7) is 0. The van der Waals surface area contributed by atoms with Crippen molar-refractivity contribution in [3.8, 4) is 11.5 Å². The van der Waals surface area contributed by atoms with Crippen LogP contribution in [-0.4, -0.2) is 4.21 Å². The van der Waals surface area contributed by atoms with Crippen molar-refractivity contribution >= 4 is 32.6 Å². The molecule has 0 amide bonds. The lowest BCUT2D eigenvalue weighted by atomic mass is 10.3. The highest BCUT2D eigenvalue weighted by atomic mass is 79.9. The van der Waals surface area contributed by atoms with Crippen LogP contribution in [0.1, 0.15) is 0 Å². The fourth-order valence-electron chi connectivity index (χ4n) is 1.99. The Kier molecular flexibility index (Phi) is 5.27. The summed E-state index contributed by atoms with van der Waals surface area (Å²) in [4.78, 5) is 0.626. The SMILES string of the molecule is O=S(Nc1cccc(Br)c1)c1ccc(Oc2ccc(F)cc2)cc1. The summed E-state index contributed by atoms with van der Waals surface area (Å²) < 4.78 is 34.7. The molecule has 3 aromatic rings. The molecule has 0 bridgehead atoms. The van der Waals surface area contributed by atoms with Crippen LogP contribution in [0, 0.1) is 5.82 Å². The van der Waals surface area contributed by atoms with Crippen molar-refractivity contribution < 1.29 is 13.3 Å². The zero-order valence-corrected chi connectivity index (χ0v) is 14.8. The van der Waals surface area contributed by atoms with E-state index < -0.39 is 11.0 Å². The Morgan fingerprint density at radius 1 is 0.917 bits per heavy atom. The molecule has 0 spiro atoms. The number of halogens is 2. The molecule has 122 valence electrons. The van der Waals surface area contributed by atoms with Gasteiger partial charge in [-0.2, -0.15) is 0 Å². The minimum absolute atomic E-state index is 0.313. The summed E-state index contributed by atoms with van der Waals surface area (Å²) in [5, 5.41) is 0. The normalized spacial score (nSPS) is 11.8. The van der Waals surface area contributed by atoms with Crippen molar-refractivity contribution in [2.24, 2.45) is 0 Å². The first kappa shape index (κ1) is 16.7. The van der Waals surface area contributed by atoms with Gasteiger partial charge in [-0.1, -0.05) is 22.0 Å². The van der Waals surface area contributed by atoms with Gasteiger partial charge in [0.1, 0.15) is 28.3 Å². The molecular weight excluding hydrogens is 393 g/mol. The van der Waals surface area contributed by atoms with Crippen molar-refractivity contribution in [2.75, 3.05) is 4.72 Å². The molecule has 0 aromatic heterocycles. The van der Waals surface area contributed by atoms with E-state index in [1.165, 1.54) is 12.1 Å². The van der Waals surface area contributed by atoms with Gasteiger partial charge >= 0.3 is 0 Å². The van der Waals surface area contributed by atoms with Crippen molar-refractivity contribution in [2.45, 2.75) is 4.90 Å². The van der Waals surface area contributed by atoms with Crippen molar-refractivity contribution in [1.82, 2.24) is 0 Å². The molecule has 0 heterocycles. The third-order valence-electron chi connectivity index (χ3n) is 3.12. The van der Waals surface area contributed by atoms with Crippen LogP contribution in [0.4, 0.5) is 10.1 Å². The molecule has 0 saturated heterocycles. The van der Waals surface area contributed by atoms with Gasteiger partial charge in [-0.3, -0.25) is 0 Å². The lowest BCUT2D eigenvalue weighted by molar-refractivity contribution is 0.480. The monoisotopic (exact) mass is 405 g/mol. The second kappa shape index (κ2) is 7.59. The van der Waals surface area contributed by atoms with E-state index in [-0.39, 0.29) is 5.82 Å². The lowest BCUT2D eigenvalue weighted by Gasteiger charge is -2.08. The predicted molar refractivity (Wildman–Crippen MR) is 97.1 cm³/mol. The van der Waals surface area contributed by atoms with E-state index >= 15 is 0 Å². The molecule has 0 aliphatic carbocycles. The molecule has 1 unspecified atom stereocenters. The average molecular weight is 406 g/mol. The summed E-state index contributed by atoms with van der Waals surface area (Å²) in [7, 11) is -1.38. The number of hydrogen-bond acceptors (Lipinski definition) is 2. The van der Waals surface area contributed by atoms with Crippen LogP contribution in [0.25, 0.3) is 0 Å². The van der Waals surface area contributed by atoms with Gasteiger partial charge in [0.15, 0.2) is 0 Å². The van der Waals surface area contributed by atoms with Crippen molar-refractivity contribution in [3.63, 3.8) is 0 Å². The van der Waals surface area contributed by atoms with Crippen LogP contribution < -0.4 is 9.46 Å². The summed E-state index contributed by atoms with van der Waals surface area (Å²) in [5.74, 6) is 0.814. The number of anilines is 1. The Labute approximate surface area is 150 Å². The van der Waals surface area contributed by atoms with E-state index in [1.807, 2.05) is 24.3 Å². The van der Waals surface area contributed by atoms with Gasteiger partial charge < -0.3 is 9.46 Å². The molecule has 3 rings (SSSR count). The molecule has 0 aliphatic heterocycles. The third-order valence-corrected chi connectivity index (χ3v) is 4.74. The minimum Gasteiger partial charge on any atom is -0.457 e. The Balaban J connectivity index is 1.67. The third kappa shape index (κ3) is 4.43. The fraction of sp³-hybridized carbons (Fsp3) is 0. The summed E-state index contributed by atoms with van der Waals surface area (Å²) in [6.07, 6.45) is 0. The zero-order valence-electron chi connectivity index (χ0n) is 12.4. The van der Waals surface area contributed by atoms with Gasteiger partial charge in [0.25, 0.3) is 0 Å². The van der Waals surface area contributed by atoms with Crippen LogP contribution in [0.3, 0.4) is 0 Å². The molecule has 3 aromatic carbocycles. The van der Waals surface area contributed by atoms with Gasteiger partial charge in [0.05, 0.1) is 4.90 Å². The second-order valence-electron chi connectivity index (χ2n) is 4.91. The first-order chi connectivity index (χ1) is 11.6. The van der Waals surface area contributed by atoms with Crippen molar-refractivity contribution in [1.29, 1.82) is 0 Å².